The number of aliphatic hydroxyl groups is 1. The topological polar surface area (TPSA) is 64.3 Å². The van der Waals surface area contributed by atoms with E-state index < -0.39 is 6.10 Å². The zero-order valence-electron chi connectivity index (χ0n) is 11.5. The van der Waals surface area contributed by atoms with Gasteiger partial charge in [0.05, 0.1) is 24.9 Å². The summed E-state index contributed by atoms with van der Waals surface area (Å²) in [4.78, 5) is 11.7. The molecule has 1 radical (unpaired) electrons. The normalized spacial score (nSPS) is 12.3. The van der Waals surface area contributed by atoms with Crippen molar-refractivity contribution in [3.63, 3.8) is 0 Å². The molecule has 0 aliphatic heterocycles. The van der Waals surface area contributed by atoms with Crippen molar-refractivity contribution < 1.29 is 9.84 Å². The number of benzene rings is 1. The lowest BCUT2D eigenvalue weighted by atomic mass is 10.1. The first-order valence-corrected chi connectivity index (χ1v) is 6.34. The average Bonchev–Trinajstić information content (AvgIpc) is 2.42. The third kappa shape index (κ3) is 3.53. The maximum absolute atomic E-state index is 11.7. The van der Waals surface area contributed by atoms with Gasteiger partial charge in [-0.1, -0.05) is 12.1 Å². The molecule has 105 valence electrons. The quantitative estimate of drug-likeness (QED) is 0.883. The molecule has 0 aliphatic carbocycles. The van der Waals surface area contributed by atoms with Crippen LogP contribution in [0.2, 0.25) is 0 Å². The van der Waals surface area contributed by atoms with E-state index in [4.69, 9.17) is 4.74 Å². The maximum Gasteiger partial charge on any atom is 0.266 e. The lowest BCUT2D eigenvalue weighted by molar-refractivity contribution is 0.0505. The van der Waals surface area contributed by atoms with Gasteiger partial charge < -0.3 is 9.84 Å². The Labute approximate surface area is 117 Å². The standard InChI is InChI=1S/C15H17N2O3/c1-11-3-5-12(6-4-11)14-7-8-15(19)17(16-14)9-13(18)10-20-2/h3,5-8,13,18H,9-10H2,1-2H3. The van der Waals surface area contributed by atoms with Gasteiger partial charge in [0.1, 0.15) is 0 Å². The highest BCUT2D eigenvalue weighted by Gasteiger charge is 2.08. The Morgan fingerprint density at radius 1 is 1.40 bits per heavy atom. The molecule has 1 aromatic carbocycles. The van der Waals surface area contributed by atoms with E-state index in [0.717, 1.165) is 11.1 Å². The number of aromatic nitrogens is 2. The van der Waals surface area contributed by atoms with Gasteiger partial charge in [0.2, 0.25) is 0 Å². The molecule has 5 heteroatoms. The van der Waals surface area contributed by atoms with Crippen molar-refractivity contribution in [2.75, 3.05) is 13.7 Å². The largest absolute Gasteiger partial charge is 0.389 e. The number of ether oxygens (including phenoxy) is 1. The molecule has 0 saturated heterocycles. The number of aryl methyl sites for hydroxylation is 1. The van der Waals surface area contributed by atoms with Crippen molar-refractivity contribution in [2.24, 2.45) is 0 Å². The molecule has 0 bridgehead atoms. The Kier molecular flexibility index (Phi) is 4.65. The van der Waals surface area contributed by atoms with Crippen LogP contribution in [0.3, 0.4) is 0 Å². The highest BCUT2D eigenvalue weighted by molar-refractivity contribution is 5.58. The fraction of sp³-hybridized carbons (Fsp3) is 0.333. The van der Waals surface area contributed by atoms with E-state index in [-0.39, 0.29) is 18.7 Å². The molecule has 1 atom stereocenters. The summed E-state index contributed by atoms with van der Waals surface area (Å²) in [7, 11) is 1.50. The molecular formula is C15H17N2O3. The molecule has 2 aromatic rings. The van der Waals surface area contributed by atoms with Crippen LogP contribution in [0.1, 0.15) is 5.56 Å². The minimum Gasteiger partial charge on any atom is -0.389 e. The molecule has 2 rings (SSSR count). The van der Waals surface area contributed by atoms with Gasteiger partial charge in [0.15, 0.2) is 0 Å². The molecule has 1 heterocycles. The first-order valence-electron chi connectivity index (χ1n) is 6.34. The maximum atomic E-state index is 11.7. The van der Waals surface area contributed by atoms with Crippen LogP contribution in [0.4, 0.5) is 0 Å². The first kappa shape index (κ1) is 14.4. The minimum absolute atomic E-state index is 0.107. The van der Waals surface area contributed by atoms with Crippen LogP contribution in [-0.2, 0) is 11.3 Å². The van der Waals surface area contributed by atoms with Crippen molar-refractivity contribution in [2.45, 2.75) is 19.6 Å². The van der Waals surface area contributed by atoms with Gasteiger partial charge in [-0.3, -0.25) is 4.79 Å². The van der Waals surface area contributed by atoms with Crippen molar-refractivity contribution in [3.05, 3.63) is 52.3 Å². The second-order valence-corrected chi connectivity index (χ2v) is 4.61. The molecule has 0 spiro atoms. The predicted molar refractivity (Wildman–Crippen MR) is 75.4 cm³/mol. The van der Waals surface area contributed by atoms with Gasteiger partial charge in [0, 0.05) is 18.7 Å². The smallest absolute Gasteiger partial charge is 0.266 e. The predicted octanol–water partition coefficient (Wildman–Crippen LogP) is 1.03. The van der Waals surface area contributed by atoms with Gasteiger partial charge >= 0.3 is 0 Å². The van der Waals surface area contributed by atoms with Crippen molar-refractivity contribution in [1.82, 2.24) is 9.78 Å². The summed E-state index contributed by atoms with van der Waals surface area (Å²) in [6, 6.07) is 11.9. The molecule has 20 heavy (non-hydrogen) atoms. The lowest BCUT2D eigenvalue weighted by Crippen LogP contribution is -2.30. The third-order valence-corrected chi connectivity index (χ3v) is 2.87. The zero-order valence-corrected chi connectivity index (χ0v) is 11.5. The summed E-state index contributed by atoms with van der Waals surface area (Å²) in [6.45, 7) is 2.23. The number of aliphatic hydroxyl groups excluding tert-OH is 1. The fourth-order valence-electron chi connectivity index (χ4n) is 1.84. The van der Waals surface area contributed by atoms with Crippen LogP contribution in [0, 0.1) is 13.0 Å². The van der Waals surface area contributed by atoms with Crippen LogP contribution in [0.15, 0.2) is 35.1 Å². The Morgan fingerprint density at radius 3 is 2.85 bits per heavy atom. The zero-order chi connectivity index (χ0) is 14.5. The second-order valence-electron chi connectivity index (χ2n) is 4.61. The Morgan fingerprint density at radius 2 is 2.20 bits per heavy atom. The van der Waals surface area contributed by atoms with E-state index >= 15 is 0 Å². The molecule has 1 N–H and O–H groups in total. The van der Waals surface area contributed by atoms with E-state index in [0.29, 0.717) is 5.69 Å². The molecule has 0 amide bonds. The summed E-state index contributed by atoms with van der Waals surface area (Å²) < 4.78 is 6.09. The van der Waals surface area contributed by atoms with Crippen LogP contribution in [0.5, 0.6) is 0 Å². The van der Waals surface area contributed by atoms with Gasteiger partial charge in [-0.15, -0.1) is 0 Å². The molecule has 0 fully saturated rings. The number of methoxy groups -OCH3 is 1. The first-order chi connectivity index (χ1) is 9.60. The van der Waals surface area contributed by atoms with Crippen molar-refractivity contribution in [1.29, 1.82) is 0 Å². The molecule has 1 aromatic heterocycles. The van der Waals surface area contributed by atoms with E-state index in [1.54, 1.807) is 6.07 Å². The van der Waals surface area contributed by atoms with E-state index in [2.05, 4.69) is 11.2 Å². The number of hydrogen-bond donors (Lipinski definition) is 1. The fourth-order valence-corrected chi connectivity index (χ4v) is 1.84. The second kappa shape index (κ2) is 6.45. The van der Waals surface area contributed by atoms with Gasteiger partial charge in [-0.2, -0.15) is 5.10 Å². The average molecular weight is 273 g/mol. The number of hydrogen-bond acceptors (Lipinski definition) is 4. The van der Waals surface area contributed by atoms with Gasteiger partial charge in [0.25, 0.3) is 5.56 Å². The summed E-state index contributed by atoms with van der Waals surface area (Å²) in [5.41, 5.74) is 2.34. The van der Waals surface area contributed by atoms with Crippen molar-refractivity contribution >= 4 is 0 Å². The molecule has 5 nitrogen and oxygen atoms in total. The van der Waals surface area contributed by atoms with E-state index in [9.17, 15) is 9.90 Å². The summed E-state index contributed by atoms with van der Waals surface area (Å²) in [6.07, 6.45) is -0.759. The molecule has 0 aliphatic rings. The summed E-state index contributed by atoms with van der Waals surface area (Å²) in [5, 5.41) is 14.0. The highest BCUT2D eigenvalue weighted by atomic mass is 16.5. The Bertz CT molecular complexity index is 620. The molecular weight excluding hydrogens is 256 g/mol. The Balaban J connectivity index is 2.28. The molecule has 1 unspecified atom stereocenters. The number of nitrogens with zero attached hydrogens (tertiary/aromatic N) is 2. The summed E-state index contributed by atoms with van der Waals surface area (Å²) >= 11 is 0. The van der Waals surface area contributed by atoms with Crippen LogP contribution < -0.4 is 5.56 Å². The third-order valence-electron chi connectivity index (χ3n) is 2.87. The Hall–Kier alpha value is -1.98. The van der Waals surface area contributed by atoms with E-state index in [1.165, 1.54) is 17.9 Å². The van der Waals surface area contributed by atoms with Crippen LogP contribution >= 0.6 is 0 Å². The van der Waals surface area contributed by atoms with Crippen LogP contribution in [0.25, 0.3) is 11.3 Å². The minimum atomic E-state index is -0.759. The monoisotopic (exact) mass is 273 g/mol. The molecule has 0 saturated carbocycles. The van der Waals surface area contributed by atoms with Gasteiger partial charge in [-0.25, -0.2) is 4.68 Å². The van der Waals surface area contributed by atoms with Crippen LogP contribution in [-0.4, -0.2) is 34.7 Å². The number of rotatable bonds is 5. The van der Waals surface area contributed by atoms with Crippen molar-refractivity contribution in [3.8, 4) is 11.3 Å². The SMILES string of the molecule is COCC(O)Cn1nc(-c2c[c]c(C)cc2)ccc1=O. The summed E-state index contributed by atoms with van der Waals surface area (Å²) in [5.74, 6) is 0. The van der Waals surface area contributed by atoms with Gasteiger partial charge in [-0.05, 0) is 30.7 Å². The van der Waals surface area contributed by atoms with E-state index in [1.807, 2.05) is 25.1 Å². The highest BCUT2D eigenvalue weighted by Crippen LogP contribution is 2.15. The lowest BCUT2D eigenvalue weighted by Gasteiger charge is -2.11.